The molecule has 1 aliphatic rings. The van der Waals surface area contributed by atoms with Crippen LogP contribution >= 0.6 is 0 Å². The number of hydrogen-bond acceptors (Lipinski definition) is 5. The van der Waals surface area contributed by atoms with Crippen LogP contribution < -0.4 is 10.5 Å². The van der Waals surface area contributed by atoms with E-state index in [1.54, 1.807) is 12.4 Å². The minimum Gasteiger partial charge on any atom is -0.342 e. The normalized spacial score (nSPS) is 18.2. The molecule has 1 N–H and O–H groups in total. The van der Waals surface area contributed by atoms with Crippen molar-refractivity contribution < 1.29 is 0 Å². The van der Waals surface area contributed by atoms with Crippen molar-refractivity contribution in [3.05, 3.63) is 46.8 Å². The zero-order chi connectivity index (χ0) is 17.4. The van der Waals surface area contributed by atoms with Gasteiger partial charge in [-0.25, -0.2) is 4.98 Å². The van der Waals surface area contributed by atoms with Gasteiger partial charge in [0.05, 0.1) is 10.9 Å². The van der Waals surface area contributed by atoms with E-state index in [1.165, 1.54) is 0 Å². The molecule has 0 radical (unpaired) electrons. The van der Waals surface area contributed by atoms with E-state index in [9.17, 15) is 4.79 Å². The van der Waals surface area contributed by atoms with Crippen LogP contribution in [0.5, 0.6) is 0 Å². The highest BCUT2D eigenvalue weighted by atomic mass is 16.1. The number of aromatic nitrogens is 5. The van der Waals surface area contributed by atoms with Gasteiger partial charge < -0.3 is 9.47 Å². The molecule has 25 heavy (non-hydrogen) atoms. The molecular formula is C18H22N6O. The topological polar surface area (TPSA) is 79.7 Å². The van der Waals surface area contributed by atoms with Crippen LogP contribution in [0.15, 0.2) is 35.4 Å². The van der Waals surface area contributed by atoms with Gasteiger partial charge in [0.1, 0.15) is 12.2 Å². The van der Waals surface area contributed by atoms with E-state index in [0.717, 1.165) is 37.3 Å². The third kappa shape index (κ3) is 2.90. The van der Waals surface area contributed by atoms with Crippen LogP contribution in [0.4, 0.5) is 5.95 Å². The highest BCUT2D eigenvalue weighted by Crippen LogP contribution is 2.28. The van der Waals surface area contributed by atoms with E-state index in [0.29, 0.717) is 17.4 Å². The highest BCUT2D eigenvalue weighted by Gasteiger charge is 2.27. The average Bonchev–Trinajstić information content (AvgIpc) is 3.12. The molecule has 0 aliphatic carbocycles. The molecule has 3 aromatic rings. The number of benzene rings is 1. The van der Waals surface area contributed by atoms with Crippen molar-refractivity contribution in [1.82, 2.24) is 24.7 Å². The van der Waals surface area contributed by atoms with Gasteiger partial charge in [0.25, 0.3) is 5.56 Å². The Kier molecular flexibility index (Phi) is 3.99. The Morgan fingerprint density at radius 3 is 2.96 bits per heavy atom. The van der Waals surface area contributed by atoms with Gasteiger partial charge in [-0.15, -0.1) is 10.2 Å². The van der Waals surface area contributed by atoms with Crippen molar-refractivity contribution in [2.24, 2.45) is 0 Å². The molecule has 4 rings (SSSR count). The zero-order valence-electron chi connectivity index (χ0n) is 14.5. The van der Waals surface area contributed by atoms with E-state index < -0.39 is 0 Å². The molecule has 2 aromatic heterocycles. The molecule has 1 unspecified atom stereocenters. The van der Waals surface area contributed by atoms with E-state index in [4.69, 9.17) is 0 Å². The standard InChI is InChI=1S/C18H22N6O/c1-12(2)24-11-19-22-16(24)13-6-5-9-23(10-13)18-20-15-8-4-3-7-14(15)17(25)21-18/h3-4,7-8,11-13H,5-6,9-10H2,1-2H3,(H,20,21,25). The van der Waals surface area contributed by atoms with Gasteiger partial charge in [-0.2, -0.15) is 0 Å². The van der Waals surface area contributed by atoms with Crippen LogP contribution in [-0.4, -0.2) is 37.8 Å². The molecule has 1 saturated heterocycles. The van der Waals surface area contributed by atoms with Gasteiger partial charge in [-0.05, 0) is 38.8 Å². The predicted molar refractivity (Wildman–Crippen MR) is 97.0 cm³/mol. The maximum absolute atomic E-state index is 12.3. The lowest BCUT2D eigenvalue weighted by Crippen LogP contribution is -2.37. The lowest BCUT2D eigenvalue weighted by molar-refractivity contribution is 0.451. The Bertz CT molecular complexity index is 944. The molecule has 7 nitrogen and oxygen atoms in total. The highest BCUT2D eigenvalue weighted by molar-refractivity contribution is 5.78. The number of nitrogens with one attached hydrogen (secondary N) is 1. The maximum atomic E-state index is 12.3. The molecule has 0 spiro atoms. The summed E-state index contributed by atoms with van der Waals surface area (Å²) in [6, 6.07) is 7.77. The van der Waals surface area contributed by atoms with Gasteiger partial charge in [0.15, 0.2) is 0 Å². The minimum atomic E-state index is -0.0897. The van der Waals surface area contributed by atoms with Gasteiger partial charge in [-0.3, -0.25) is 9.78 Å². The largest absolute Gasteiger partial charge is 0.342 e. The fourth-order valence-corrected chi connectivity index (χ4v) is 3.55. The number of para-hydroxylation sites is 1. The summed E-state index contributed by atoms with van der Waals surface area (Å²) in [5.74, 6) is 1.95. The Hall–Kier alpha value is -2.70. The third-order valence-corrected chi connectivity index (χ3v) is 4.84. The average molecular weight is 338 g/mol. The van der Waals surface area contributed by atoms with E-state index in [-0.39, 0.29) is 11.5 Å². The smallest absolute Gasteiger partial charge is 0.260 e. The van der Waals surface area contributed by atoms with Crippen LogP contribution in [0.25, 0.3) is 10.9 Å². The molecule has 1 aromatic carbocycles. The summed E-state index contributed by atoms with van der Waals surface area (Å²) in [5, 5.41) is 9.07. The van der Waals surface area contributed by atoms with E-state index >= 15 is 0 Å². The number of nitrogens with zero attached hydrogens (tertiary/aromatic N) is 5. The molecule has 0 bridgehead atoms. The molecule has 130 valence electrons. The number of rotatable bonds is 3. The first-order valence-electron chi connectivity index (χ1n) is 8.77. The summed E-state index contributed by atoms with van der Waals surface area (Å²) in [7, 11) is 0. The first-order valence-corrected chi connectivity index (χ1v) is 8.77. The second kappa shape index (κ2) is 6.31. The SMILES string of the molecule is CC(C)n1cnnc1C1CCCN(c2nc3ccccc3c(=O)[nH]2)C1. The quantitative estimate of drug-likeness (QED) is 0.793. The first kappa shape index (κ1) is 15.8. The summed E-state index contributed by atoms with van der Waals surface area (Å²) >= 11 is 0. The van der Waals surface area contributed by atoms with E-state index in [2.05, 4.69) is 43.5 Å². The molecule has 1 aliphatic heterocycles. The van der Waals surface area contributed by atoms with Crippen LogP contribution in [0.3, 0.4) is 0 Å². The van der Waals surface area contributed by atoms with Crippen molar-refractivity contribution >= 4 is 16.9 Å². The molecule has 7 heteroatoms. The number of fused-ring (bicyclic) bond motifs is 1. The Morgan fingerprint density at radius 2 is 2.12 bits per heavy atom. The molecule has 1 fully saturated rings. The molecule has 1 atom stereocenters. The Morgan fingerprint density at radius 1 is 1.28 bits per heavy atom. The monoisotopic (exact) mass is 338 g/mol. The van der Waals surface area contributed by atoms with Crippen molar-refractivity contribution in [3.8, 4) is 0 Å². The lowest BCUT2D eigenvalue weighted by atomic mass is 9.97. The van der Waals surface area contributed by atoms with Crippen LogP contribution in [0.2, 0.25) is 0 Å². The summed E-state index contributed by atoms with van der Waals surface area (Å²) < 4.78 is 2.13. The number of piperidine rings is 1. The van der Waals surface area contributed by atoms with Crippen molar-refractivity contribution in [1.29, 1.82) is 0 Å². The van der Waals surface area contributed by atoms with Gasteiger partial charge in [-0.1, -0.05) is 12.1 Å². The predicted octanol–water partition coefficient (Wildman–Crippen LogP) is 2.48. The fourth-order valence-electron chi connectivity index (χ4n) is 3.55. The molecule has 0 saturated carbocycles. The van der Waals surface area contributed by atoms with Crippen LogP contribution in [0.1, 0.15) is 44.5 Å². The fraction of sp³-hybridized carbons (Fsp3) is 0.444. The maximum Gasteiger partial charge on any atom is 0.260 e. The molecule has 3 heterocycles. The number of hydrogen-bond donors (Lipinski definition) is 1. The van der Waals surface area contributed by atoms with Crippen molar-refractivity contribution in [2.45, 2.75) is 38.6 Å². The summed E-state index contributed by atoms with van der Waals surface area (Å²) in [6.45, 7) is 5.94. The van der Waals surface area contributed by atoms with Gasteiger partial charge >= 0.3 is 0 Å². The number of H-pyrrole nitrogens is 1. The summed E-state index contributed by atoms with van der Waals surface area (Å²) in [4.78, 5) is 22.1. The van der Waals surface area contributed by atoms with E-state index in [1.807, 2.05) is 18.2 Å². The van der Waals surface area contributed by atoms with Gasteiger partial charge in [0, 0.05) is 25.0 Å². The minimum absolute atomic E-state index is 0.0897. The zero-order valence-corrected chi connectivity index (χ0v) is 14.5. The molecular weight excluding hydrogens is 316 g/mol. The van der Waals surface area contributed by atoms with Gasteiger partial charge in [0.2, 0.25) is 5.95 Å². The number of aromatic amines is 1. The Balaban J connectivity index is 1.65. The summed E-state index contributed by atoms with van der Waals surface area (Å²) in [5.41, 5.74) is 0.641. The van der Waals surface area contributed by atoms with Crippen LogP contribution in [-0.2, 0) is 0 Å². The van der Waals surface area contributed by atoms with Crippen molar-refractivity contribution in [2.75, 3.05) is 18.0 Å². The van der Waals surface area contributed by atoms with Crippen molar-refractivity contribution in [3.63, 3.8) is 0 Å². The molecule has 0 amide bonds. The third-order valence-electron chi connectivity index (χ3n) is 4.84. The Labute approximate surface area is 145 Å². The summed E-state index contributed by atoms with van der Waals surface area (Å²) in [6.07, 6.45) is 3.90. The lowest BCUT2D eigenvalue weighted by Gasteiger charge is -2.33. The van der Waals surface area contributed by atoms with Crippen LogP contribution in [0, 0.1) is 0 Å². The number of anilines is 1. The second-order valence-electron chi connectivity index (χ2n) is 6.88. The second-order valence-corrected chi connectivity index (χ2v) is 6.88. The first-order chi connectivity index (χ1) is 12.1.